The number of hydrogen-bond donors (Lipinski definition) is 1. The summed E-state index contributed by atoms with van der Waals surface area (Å²) in [6.45, 7) is 15.3. The van der Waals surface area contributed by atoms with Gasteiger partial charge in [-0.25, -0.2) is 0 Å². The van der Waals surface area contributed by atoms with Gasteiger partial charge in [-0.3, -0.25) is 0 Å². The second-order valence-electron chi connectivity index (χ2n) is 7.44. The number of rotatable bonds is 5. The first kappa shape index (κ1) is 17.6. The van der Waals surface area contributed by atoms with Crippen LogP contribution in [-0.4, -0.2) is 19.7 Å². The molecule has 0 radical (unpaired) electrons. The molecule has 0 aromatic heterocycles. The van der Waals surface area contributed by atoms with Gasteiger partial charge in [0.15, 0.2) is 0 Å². The van der Waals surface area contributed by atoms with E-state index in [4.69, 9.17) is 11.2 Å². The number of terminal acetylenes is 1. The molecular formula is C19H29NO. The Morgan fingerprint density at radius 3 is 2.29 bits per heavy atom. The Balaban J connectivity index is 2.91. The zero-order valence-corrected chi connectivity index (χ0v) is 14.3. The van der Waals surface area contributed by atoms with Crippen molar-refractivity contribution in [3.05, 3.63) is 29.3 Å². The Morgan fingerprint density at radius 2 is 1.76 bits per heavy atom. The largest absolute Gasteiger partial charge is 0.492 e. The highest BCUT2D eigenvalue weighted by atomic mass is 16.5. The van der Waals surface area contributed by atoms with Crippen molar-refractivity contribution >= 4 is 0 Å². The van der Waals surface area contributed by atoms with E-state index in [0.29, 0.717) is 13.2 Å². The minimum atomic E-state index is 0.0584. The van der Waals surface area contributed by atoms with E-state index in [-0.39, 0.29) is 10.8 Å². The van der Waals surface area contributed by atoms with Crippen molar-refractivity contribution in [2.75, 3.05) is 19.7 Å². The number of ether oxygens (including phenoxy) is 1. The second-order valence-corrected chi connectivity index (χ2v) is 7.44. The summed E-state index contributed by atoms with van der Waals surface area (Å²) >= 11 is 0. The standard InChI is InChI=1S/C19H29NO/c1-8-11-20-12-13-21-17-10-9-15(18(2,3)4)14-16(17)19(5,6)7/h1,9-10,14,20H,11-13H2,2-7H3. The van der Waals surface area contributed by atoms with Crippen LogP contribution in [0.4, 0.5) is 0 Å². The fraction of sp³-hybridized carbons (Fsp3) is 0.579. The van der Waals surface area contributed by atoms with Crippen LogP contribution in [0.2, 0.25) is 0 Å². The summed E-state index contributed by atoms with van der Waals surface area (Å²) in [5.74, 6) is 3.53. The predicted octanol–water partition coefficient (Wildman–Crippen LogP) is 3.88. The second kappa shape index (κ2) is 7.00. The highest BCUT2D eigenvalue weighted by Gasteiger charge is 2.22. The SMILES string of the molecule is C#CCNCCOc1ccc(C(C)(C)C)cc1C(C)(C)C. The van der Waals surface area contributed by atoms with E-state index in [0.717, 1.165) is 12.3 Å². The molecule has 2 nitrogen and oxygen atoms in total. The van der Waals surface area contributed by atoms with Gasteiger partial charge >= 0.3 is 0 Å². The summed E-state index contributed by atoms with van der Waals surface area (Å²) in [7, 11) is 0. The number of hydrogen-bond acceptors (Lipinski definition) is 2. The lowest BCUT2D eigenvalue weighted by molar-refractivity contribution is 0.308. The monoisotopic (exact) mass is 287 g/mol. The van der Waals surface area contributed by atoms with Crippen LogP contribution in [0.1, 0.15) is 52.7 Å². The zero-order chi connectivity index (χ0) is 16.1. The summed E-state index contributed by atoms with van der Waals surface area (Å²) in [6.07, 6.45) is 5.21. The average molecular weight is 287 g/mol. The van der Waals surface area contributed by atoms with Crippen molar-refractivity contribution in [2.24, 2.45) is 0 Å². The Kier molecular flexibility index (Phi) is 5.87. The van der Waals surface area contributed by atoms with E-state index >= 15 is 0 Å². The van der Waals surface area contributed by atoms with Gasteiger partial charge in [-0.1, -0.05) is 59.6 Å². The Morgan fingerprint density at radius 1 is 1.10 bits per heavy atom. The molecule has 1 aromatic carbocycles. The van der Waals surface area contributed by atoms with Gasteiger partial charge in [0.1, 0.15) is 12.4 Å². The first-order valence-corrected chi connectivity index (χ1v) is 7.58. The highest BCUT2D eigenvalue weighted by molar-refractivity contribution is 5.43. The minimum absolute atomic E-state index is 0.0584. The molecule has 0 aliphatic rings. The molecule has 0 saturated heterocycles. The van der Waals surface area contributed by atoms with E-state index in [2.05, 4.69) is 71.0 Å². The smallest absolute Gasteiger partial charge is 0.123 e. The summed E-state index contributed by atoms with van der Waals surface area (Å²) in [6, 6.07) is 6.55. The molecule has 21 heavy (non-hydrogen) atoms. The molecule has 116 valence electrons. The summed E-state index contributed by atoms with van der Waals surface area (Å²) < 4.78 is 5.95. The third-order valence-electron chi connectivity index (χ3n) is 3.42. The molecule has 1 aromatic rings. The first-order valence-electron chi connectivity index (χ1n) is 7.58. The van der Waals surface area contributed by atoms with Gasteiger partial charge in [0.05, 0.1) is 6.54 Å². The Hall–Kier alpha value is -1.46. The number of nitrogens with one attached hydrogen (secondary N) is 1. The maximum Gasteiger partial charge on any atom is 0.123 e. The van der Waals surface area contributed by atoms with Crippen LogP contribution in [0.3, 0.4) is 0 Å². The molecule has 0 aliphatic heterocycles. The van der Waals surface area contributed by atoms with Crippen LogP contribution in [0, 0.1) is 12.3 Å². The van der Waals surface area contributed by atoms with Crippen molar-refractivity contribution < 1.29 is 4.74 Å². The predicted molar refractivity (Wildman–Crippen MR) is 91.0 cm³/mol. The van der Waals surface area contributed by atoms with Gasteiger partial charge in [-0.15, -0.1) is 6.42 Å². The third-order valence-corrected chi connectivity index (χ3v) is 3.42. The molecule has 0 spiro atoms. The van der Waals surface area contributed by atoms with Crippen molar-refractivity contribution in [1.29, 1.82) is 0 Å². The molecule has 0 bridgehead atoms. The van der Waals surface area contributed by atoms with Crippen molar-refractivity contribution in [1.82, 2.24) is 5.32 Å². The molecule has 1 N–H and O–H groups in total. The summed E-state index contributed by atoms with van der Waals surface area (Å²) in [5, 5.41) is 3.14. The minimum Gasteiger partial charge on any atom is -0.492 e. The average Bonchev–Trinajstić information content (AvgIpc) is 2.36. The van der Waals surface area contributed by atoms with Crippen LogP contribution < -0.4 is 10.1 Å². The Bertz CT molecular complexity index is 498. The van der Waals surface area contributed by atoms with Gasteiger partial charge in [0.2, 0.25) is 0 Å². The molecular weight excluding hydrogens is 258 g/mol. The number of benzene rings is 1. The van der Waals surface area contributed by atoms with Gasteiger partial charge in [-0.2, -0.15) is 0 Å². The molecule has 0 fully saturated rings. The fourth-order valence-electron chi connectivity index (χ4n) is 2.10. The van der Waals surface area contributed by atoms with Crippen LogP contribution in [-0.2, 0) is 10.8 Å². The van der Waals surface area contributed by atoms with Crippen molar-refractivity contribution in [3.63, 3.8) is 0 Å². The van der Waals surface area contributed by atoms with Crippen LogP contribution in [0.15, 0.2) is 18.2 Å². The maximum absolute atomic E-state index is 5.95. The molecule has 0 atom stereocenters. The zero-order valence-electron chi connectivity index (χ0n) is 14.3. The molecule has 0 saturated carbocycles. The lowest BCUT2D eigenvalue weighted by atomic mass is 9.80. The third kappa shape index (κ3) is 5.44. The lowest BCUT2D eigenvalue weighted by Crippen LogP contribution is -2.23. The van der Waals surface area contributed by atoms with E-state index < -0.39 is 0 Å². The van der Waals surface area contributed by atoms with Crippen LogP contribution in [0.5, 0.6) is 5.75 Å². The van der Waals surface area contributed by atoms with Gasteiger partial charge in [-0.05, 0) is 28.0 Å². The maximum atomic E-state index is 5.95. The van der Waals surface area contributed by atoms with Crippen molar-refractivity contribution in [3.8, 4) is 18.1 Å². The summed E-state index contributed by atoms with van der Waals surface area (Å²) in [4.78, 5) is 0. The molecule has 0 amide bonds. The van der Waals surface area contributed by atoms with E-state index in [9.17, 15) is 0 Å². The van der Waals surface area contributed by atoms with E-state index in [1.807, 2.05) is 0 Å². The first-order chi connectivity index (χ1) is 9.66. The van der Waals surface area contributed by atoms with Gasteiger partial charge in [0, 0.05) is 6.54 Å². The van der Waals surface area contributed by atoms with Crippen LogP contribution in [0.25, 0.3) is 0 Å². The normalized spacial score (nSPS) is 12.0. The van der Waals surface area contributed by atoms with Crippen LogP contribution >= 0.6 is 0 Å². The van der Waals surface area contributed by atoms with E-state index in [1.54, 1.807) is 0 Å². The Labute approximate surface area is 130 Å². The topological polar surface area (TPSA) is 21.3 Å². The highest BCUT2D eigenvalue weighted by Crippen LogP contribution is 2.35. The quantitative estimate of drug-likeness (QED) is 0.655. The molecule has 0 unspecified atom stereocenters. The molecule has 0 aliphatic carbocycles. The fourth-order valence-corrected chi connectivity index (χ4v) is 2.10. The summed E-state index contributed by atoms with van der Waals surface area (Å²) in [5.41, 5.74) is 2.80. The van der Waals surface area contributed by atoms with E-state index in [1.165, 1.54) is 11.1 Å². The molecule has 0 heterocycles. The lowest BCUT2D eigenvalue weighted by Gasteiger charge is -2.27. The van der Waals surface area contributed by atoms with Gasteiger partial charge in [0.25, 0.3) is 0 Å². The van der Waals surface area contributed by atoms with Crippen molar-refractivity contribution in [2.45, 2.75) is 52.4 Å². The van der Waals surface area contributed by atoms with Gasteiger partial charge < -0.3 is 10.1 Å². The molecule has 1 rings (SSSR count). The molecule has 2 heteroatoms.